The highest BCUT2D eigenvalue weighted by molar-refractivity contribution is 5.87. The van der Waals surface area contributed by atoms with Gasteiger partial charge in [0.2, 0.25) is 0 Å². The van der Waals surface area contributed by atoms with E-state index < -0.39 is 24.1 Å². The molecule has 266 valence electrons. The zero-order chi connectivity index (χ0) is 36.7. The first-order valence-corrected chi connectivity index (χ1v) is 16.9. The average molecular weight is 699 g/mol. The van der Waals surface area contributed by atoms with E-state index in [-0.39, 0.29) is 37.6 Å². The van der Waals surface area contributed by atoms with Crippen LogP contribution in [0.15, 0.2) is 158 Å². The molecule has 8 nitrogen and oxygen atoms in total. The Hall–Kier alpha value is -6.28. The summed E-state index contributed by atoms with van der Waals surface area (Å²) in [5, 5.41) is 0. The van der Waals surface area contributed by atoms with Gasteiger partial charge in [0.25, 0.3) is 0 Å². The Bertz CT molecular complexity index is 1790. The highest BCUT2D eigenvalue weighted by Gasteiger charge is 2.19. The van der Waals surface area contributed by atoms with E-state index in [4.69, 9.17) is 28.4 Å². The molecule has 5 aromatic carbocycles. The number of benzene rings is 5. The van der Waals surface area contributed by atoms with E-state index in [9.17, 15) is 9.59 Å². The van der Waals surface area contributed by atoms with Crippen LogP contribution in [0.2, 0.25) is 0 Å². The smallest absolute Gasteiger partial charge is 0.333 e. The first-order valence-electron chi connectivity index (χ1n) is 16.9. The Morgan fingerprint density at radius 2 is 0.769 bits per heavy atom. The molecular weight excluding hydrogens is 656 g/mol. The molecule has 0 aliphatic rings. The van der Waals surface area contributed by atoms with Gasteiger partial charge in [-0.3, -0.25) is 0 Å². The molecule has 0 fully saturated rings. The predicted molar refractivity (Wildman–Crippen MR) is 202 cm³/mol. The van der Waals surface area contributed by atoms with Crippen molar-refractivity contribution in [2.75, 3.05) is 26.4 Å². The highest BCUT2D eigenvalue weighted by atomic mass is 16.6. The van der Waals surface area contributed by atoms with Gasteiger partial charge in [0.1, 0.15) is 49.4 Å². The van der Waals surface area contributed by atoms with Gasteiger partial charge >= 0.3 is 11.9 Å². The summed E-state index contributed by atoms with van der Waals surface area (Å²) in [6, 6.07) is 42.3. The minimum Gasteiger partial charge on any atom is -0.490 e. The normalized spacial score (nSPS) is 11.7. The van der Waals surface area contributed by atoms with Crippen molar-refractivity contribution in [1.82, 2.24) is 0 Å². The summed E-state index contributed by atoms with van der Waals surface area (Å²) in [5.74, 6) is 1.26. The Balaban J connectivity index is 1.16. The van der Waals surface area contributed by atoms with Gasteiger partial charge in [0, 0.05) is 11.1 Å². The van der Waals surface area contributed by atoms with Crippen molar-refractivity contribution in [1.29, 1.82) is 0 Å². The van der Waals surface area contributed by atoms with Crippen molar-refractivity contribution < 1.29 is 38.0 Å². The largest absolute Gasteiger partial charge is 0.490 e. The summed E-state index contributed by atoms with van der Waals surface area (Å²) in [5.41, 5.74) is 4.69. The first-order chi connectivity index (χ1) is 25.2. The van der Waals surface area contributed by atoms with Gasteiger partial charge in [-0.25, -0.2) is 9.59 Å². The fourth-order valence-electron chi connectivity index (χ4n) is 4.92. The minimum atomic E-state index is -0.711. The fraction of sp³-hybridized carbons (Fsp3) is 0.182. The number of esters is 2. The summed E-state index contributed by atoms with van der Waals surface area (Å²) < 4.78 is 35.3. The Labute approximate surface area is 304 Å². The zero-order valence-electron chi connectivity index (χ0n) is 29.4. The number of carbonyl (C=O) groups excluding carboxylic acids is 2. The van der Waals surface area contributed by atoms with Crippen molar-refractivity contribution in [3.63, 3.8) is 0 Å². The molecule has 0 radical (unpaired) electrons. The highest BCUT2D eigenvalue weighted by Crippen LogP contribution is 2.26. The molecule has 0 saturated heterocycles. The summed E-state index contributed by atoms with van der Waals surface area (Å²) in [7, 11) is 0. The topological polar surface area (TPSA) is 89.5 Å². The molecule has 0 saturated carbocycles. The number of carbonyl (C=O) groups is 2. The van der Waals surface area contributed by atoms with Gasteiger partial charge in [-0.2, -0.15) is 0 Å². The third-order valence-corrected chi connectivity index (χ3v) is 7.69. The van der Waals surface area contributed by atoms with Crippen LogP contribution in [0.4, 0.5) is 0 Å². The molecule has 0 N–H and O–H groups in total. The lowest BCUT2D eigenvalue weighted by molar-refractivity contribution is -0.148. The van der Waals surface area contributed by atoms with E-state index in [0.717, 1.165) is 22.3 Å². The van der Waals surface area contributed by atoms with Gasteiger partial charge in [0.05, 0.1) is 0 Å². The van der Waals surface area contributed by atoms with Crippen LogP contribution in [0.3, 0.4) is 0 Å². The maximum Gasteiger partial charge on any atom is 0.333 e. The number of rotatable bonds is 18. The van der Waals surface area contributed by atoms with E-state index in [2.05, 4.69) is 13.2 Å². The van der Waals surface area contributed by atoms with Crippen LogP contribution >= 0.6 is 0 Å². The molecule has 0 aliphatic carbocycles. The lowest BCUT2D eigenvalue weighted by Crippen LogP contribution is -2.31. The first kappa shape index (κ1) is 37.0. The van der Waals surface area contributed by atoms with Gasteiger partial charge in [-0.1, -0.05) is 98.1 Å². The molecule has 0 aliphatic heterocycles. The van der Waals surface area contributed by atoms with E-state index >= 15 is 0 Å². The van der Waals surface area contributed by atoms with E-state index in [1.807, 2.05) is 109 Å². The molecule has 0 bridgehead atoms. The molecule has 2 unspecified atom stereocenters. The molecular formula is C44H42O8. The standard InChI is InChI=1S/C44H42O8/c1-31(2)43(45)51-41(29-49-39-19-11-17-35(25-39)33-13-7-5-8-14-33)27-47-37-21-23-38(24-22-37)48-28-42(52-44(46)32(3)4)30-50-40-20-12-18-36(26-40)34-15-9-6-10-16-34/h5-26,41-42H,1,3,27-30H2,2,4H3. The second-order valence-electron chi connectivity index (χ2n) is 12.1. The summed E-state index contributed by atoms with van der Waals surface area (Å²) in [4.78, 5) is 24.8. The SMILES string of the molecule is C=C(C)C(=O)OC(COc1ccc(OCC(COc2cccc(-c3ccccc3)c2)OC(=O)C(=C)C)cc1)COc1cccc(-c2ccccc2)c1. The van der Waals surface area contributed by atoms with Crippen molar-refractivity contribution in [2.24, 2.45) is 0 Å². The summed E-state index contributed by atoms with van der Waals surface area (Å²) in [6.07, 6.45) is -1.42. The van der Waals surface area contributed by atoms with Gasteiger partial charge in [0.15, 0.2) is 12.2 Å². The predicted octanol–water partition coefficient (Wildman–Crippen LogP) is 8.91. The molecule has 5 aromatic rings. The number of hydrogen-bond donors (Lipinski definition) is 0. The monoisotopic (exact) mass is 698 g/mol. The second-order valence-corrected chi connectivity index (χ2v) is 12.1. The van der Waals surface area contributed by atoms with E-state index in [1.54, 1.807) is 38.1 Å². The second kappa shape index (κ2) is 18.6. The van der Waals surface area contributed by atoms with E-state index in [0.29, 0.717) is 23.0 Å². The molecule has 8 heteroatoms. The average Bonchev–Trinajstić information content (AvgIpc) is 3.18. The fourth-order valence-corrected chi connectivity index (χ4v) is 4.92. The molecule has 52 heavy (non-hydrogen) atoms. The number of ether oxygens (including phenoxy) is 6. The Morgan fingerprint density at radius 1 is 0.442 bits per heavy atom. The Kier molecular flexibility index (Phi) is 13.3. The van der Waals surface area contributed by atoms with Crippen LogP contribution in [0.5, 0.6) is 23.0 Å². The van der Waals surface area contributed by atoms with Gasteiger partial charge < -0.3 is 28.4 Å². The van der Waals surface area contributed by atoms with Crippen LogP contribution in [0.25, 0.3) is 22.3 Å². The van der Waals surface area contributed by atoms with Gasteiger partial charge in [-0.15, -0.1) is 0 Å². The maximum absolute atomic E-state index is 12.4. The van der Waals surface area contributed by atoms with Crippen molar-refractivity contribution in [3.05, 3.63) is 158 Å². The number of hydrogen-bond acceptors (Lipinski definition) is 8. The van der Waals surface area contributed by atoms with Crippen molar-refractivity contribution >= 4 is 11.9 Å². The molecule has 5 rings (SSSR count). The minimum absolute atomic E-state index is 0.0410. The maximum atomic E-state index is 12.4. The molecule has 0 spiro atoms. The van der Waals surface area contributed by atoms with E-state index in [1.165, 1.54) is 0 Å². The zero-order valence-corrected chi connectivity index (χ0v) is 29.4. The molecule has 0 amide bonds. The molecule has 0 heterocycles. The van der Waals surface area contributed by atoms with Crippen LogP contribution in [0, 0.1) is 0 Å². The summed E-state index contributed by atoms with van der Waals surface area (Å²) in [6.45, 7) is 10.8. The molecule has 2 atom stereocenters. The third kappa shape index (κ3) is 11.4. The van der Waals surface area contributed by atoms with Crippen molar-refractivity contribution in [2.45, 2.75) is 26.1 Å². The summed E-state index contributed by atoms with van der Waals surface area (Å²) >= 11 is 0. The third-order valence-electron chi connectivity index (χ3n) is 7.69. The van der Waals surface area contributed by atoms with Crippen molar-refractivity contribution in [3.8, 4) is 45.3 Å². The van der Waals surface area contributed by atoms with Crippen LogP contribution in [-0.4, -0.2) is 50.6 Å². The van der Waals surface area contributed by atoms with Gasteiger partial charge in [-0.05, 0) is 84.6 Å². The lowest BCUT2D eigenvalue weighted by Gasteiger charge is -2.20. The van der Waals surface area contributed by atoms with Crippen LogP contribution < -0.4 is 18.9 Å². The quantitative estimate of drug-likeness (QED) is 0.0662. The molecule has 0 aromatic heterocycles. The lowest BCUT2D eigenvalue weighted by atomic mass is 10.1. The van der Waals surface area contributed by atoms with Crippen LogP contribution in [-0.2, 0) is 19.1 Å². The Morgan fingerprint density at radius 3 is 1.12 bits per heavy atom. The van der Waals surface area contributed by atoms with Crippen LogP contribution in [0.1, 0.15) is 13.8 Å².